The monoisotopic (exact) mass is 313 g/mol. The molecular weight excluding hydrogens is 298 g/mol. The van der Waals surface area contributed by atoms with Crippen LogP contribution in [-0.4, -0.2) is 24.5 Å². The van der Waals surface area contributed by atoms with Crippen LogP contribution >= 0.6 is 15.9 Å². The molecule has 0 aliphatic carbocycles. The first-order chi connectivity index (χ1) is 8.44. The zero-order valence-electron chi connectivity index (χ0n) is 10.6. The fourth-order valence-corrected chi connectivity index (χ4v) is 1.94. The molecule has 98 valence electrons. The highest BCUT2D eigenvalue weighted by atomic mass is 79.9. The first-order valence-electron chi connectivity index (χ1n) is 5.60. The molecule has 0 saturated carbocycles. The van der Waals surface area contributed by atoms with E-state index in [1.54, 1.807) is 25.1 Å². The smallest absolute Gasteiger partial charge is 0.331 e. The third-order valence-electron chi connectivity index (χ3n) is 2.85. The third-order valence-corrected chi connectivity index (χ3v) is 3.54. The van der Waals surface area contributed by atoms with Gasteiger partial charge < -0.3 is 10.1 Å². The summed E-state index contributed by atoms with van der Waals surface area (Å²) in [7, 11) is 1.31. The first-order valence-corrected chi connectivity index (χ1v) is 6.39. The van der Waals surface area contributed by atoms with E-state index in [2.05, 4.69) is 21.2 Å². The van der Waals surface area contributed by atoms with Gasteiger partial charge in [-0.05, 0) is 41.4 Å². The van der Waals surface area contributed by atoms with E-state index in [1.165, 1.54) is 7.11 Å². The number of carbonyl (C=O) groups excluding carboxylic acids is 2. The summed E-state index contributed by atoms with van der Waals surface area (Å²) in [4.78, 5) is 23.8. The molecule has 0 aromatic heterocycles. The molecule has 0 aliphatic rings. The van der Waals surface area contributed by atoms with Crippen LogP contribution in [0, 0.1) is 0 Å². The van der Waals surface area contributed by atoms with Crippen LogP contribution in [0.2, 0.25) is 0 Å². The Morgan fingerprint density at radius 2 is 2.00 bits per heavy atom. The molecule has 0 spiro atoms. The van der Waals surface area contributed by atoms with Crippen molar-refractivity contribution in [2.45, 2.75) is 25.8 Å². The molecule has 0 saturated heterocycles. The Morgan fingerprint density at radius 3 is 2.50 bits per heavy atom. The number of hydrogen-bond donors (Lipinski definition) is 1. The number of halogens is 1. The van der Waals surface area contributed by atoms with E-state index in [-0.39, 0.29) is 5.91 Å². The van der Waals surface area contributed by atoms with Crippen LogP contribution in [0.5, 0.6) is 0 Å². The molecule has 0 heterocycles. The van der Waals surface area contributed by atoms with Crippen molar-refractivity contribution < 1.29 is 14.3 Å². The van der Waals surface area contributed by atoms with Crippen molar-refractivity contribution in [1.29, 1.82) is 0 Å². The number of methoxy groups -OCH3 is 1. The lowest BCUT2D eigenvalue weighted by Gasteiger charge is -2.26. The standard InChI is InChI=1S/C13H16BrNO3/c1-4-13(2,12(17)18-3)15-11(16)9-7-5-6-8-10(9)14/h5-8H,4H2,1-3H3,(H,15,16)/t13-/m1/s1. The van der Waals surface area contributed by atoms with Crippen LogP contribution in [0.15, 0.2) is 28.7 Å². The lowest BCUT2D eigenvalue weighted by Crippen LogP contribution is -2.52. The minimum Gasteiger partial charge on any atom is -0.467 e. The van der Waals surface area contributed by atoms with Crippen molar-refractivity contribution in [2.75, 3.05) is 7.11 Å². The van der Waals surface area contributed by atoms with Gasteiger partial charge in [0.25, 0.3) is 5.91 Å². The number of benzene rings is 1. The van der Waals surface area contributed by atoms with Gasteiger partial charge in [0.2, 0.25) is 0 Å². The van der Waals surface area contributed by atoms with E-state index in [1.807, 2.05) is 13.0 Å². The van der Waals surface area contributed by atoms with Crippen LogP contribution in [-0.2, 0) is 9.53 Å². The van der Waals surface area contributed by atoms with E-state index in [9.17, 15) is 9.59 Å². The van der Waals surface area contributed by atoms with Gasteiger partial charge in [-0.25, -0.2) is 4.79 Å². The molecule has 0 fully saturated rings. The molecule has 0 bridgehead atoms. The van der Waals surface area contributed by atoms with E-state index in [4.69, 9.17) is 4.74 Å². The van der Waals surface area contributed by atoms with Gasteiger partial charge in [-0.2, -0.15) is 0 Å². The van der Waals surface area contributed by atoms with Crippen LogP contribution < -0.4 is 5.32 Å². The number of hydrogen-bond acceptors (Lipinski definition) is 3. The quantitative estimate of drug-likeness (QED) is 0.869. The number of rotatable bonds is 4. The Kier molecular flexibility index (Phi) is 4.90. The number of ether oxygens (including phenoxy) is 1. The predicted octanol–water partition coefficient (Wildman–Crippen LogP) is 2.52. The molecule has 1 atom stereocenters. The Balaban J connectivity index is 2.93. The molecule has 4 nitrogen and oxygen atoms in total. The molecule has 1 N–H and O–H groups in total. The summed E-state index contributed by atoms with van der Waals surface area (Å²) in [6.07, 6.45) is 0.454. The van der Waals surface area contributed by atoms with Crippen LogP contribution in [0.4, 0.5) is 0 Å². The molecule has 0 aliphatic heterocycles. The summed E-state index contributed by atoms with van der Waals surface area (Å²) in [5, 5.41) is 2.71. The molecule has 1 amide bonds. The van der Waals surface area contributed by atoms with E-state index in [0.717, 1.165) is 0 Å². The molecule has 1 aromatic carbocycles. The minimum atomic E-state index is -1.01. The Bertz CT molecular complexity index is 461. The second kappa shape index (κ2) is 6.00. The van der Waals surface area contributed by atoms with Crippen molar-refractivity contribution in [1.82, 2.24) is 5.32 Å². The minimum absolute atomic E-state index is 0.308. The van der Waals surface area contributed by atoms with Crippen LogP contribution in [0.3, 0.4) is 0 Å². The van der Waals surface area contributed by atoms with Gasteiger partial charge in [0, 0.05) is 4.47 Å². The SMILES string of the molecule is CC[C@@](C)(NC(=O)c1ccccc1Br)C(=O)OC. The summed E-state index contributed by atoms with van der Waals surface area (Å²) in [6, 6.07) is 7.05. The number of nitrogens with one attached hydrogen (secondary N) is 1. The van der Waals surface area contributed by atoms with E-state index in [0.29, 0.717) is 16.5 Å². The highest BCUT2D eigenvalue weighted by molar-refractivity contribution is 9.10. The topological polar surface area (TPSA) is 55.4 Å². The Labute approximate surface area is 115 Å². The first kappa shape index (κ1) is 14.7. The maximum absolute atomic E-state index is 12.1. The summed E-state index contributed by atoms with van der Waals surface area (Å²) in [5.74, 6) is -0.761. The third kappa shape index (κ3) is 3.10. The van der Waals surface area contributed by atoms with Crippen molar-refractivity contribution in [3.05, 3.63) is 34.3 Å². The van der Waals surface area contributed by atoms with Gasteiger partial charge in [-0.15, -0.1) is 0 Å². The molecule has 1 rings (SSSR count). The van der Waals surface area contributed by atoms with Crippen molar-refractivity contribution in [3.63, 3.8) is 0 Å². The molecular formula is C13H16BrNO3. The zero-order valence-corrected chi connectivity index (χ0v) is 12.2. The van der Waals surface area contributed by atoms with Gasteiger partial charge in [-0.1, -0.05) is 19.1 Å². The second-order valence-corrected chi connectivity index (χ2v) is 4.97. The highest BCUT2D eigenvalue weighted by Gasteiger charge is 2.34. The Hall–Kier alpha value is -1.36. The summed E-state index contributed by atoms with van der Waals surface area (Å²) in [5.41, 5.74) is -0.526. The molecule has 1 aromatic rings. The second-order valence-electron chi connectivity index (χ2n) is 4.11. The number of carbonyl (C=O) groups is 2. The normalized spacial score (nSPS) is 13.6. The van der Waals surface area contributed by atoms with Gasteiger partial charge in [0.05, 0.1) is 12.7 Å². The summed E-state index contributed by atoms with van der Waals surface area (Å²) < 4.78 is 5.39. The lowest BCUT2D eigenvalue weighted by molar-refractivity contribution is -0.147. The average Bonchev–Trinajstić information content (AvgIpc) is 2.37. The van der Waals surface area contributed by atoms with E-state index >= 15 is 0 Å². The molecule has 0 unspecified atom stereocenters. The maximum atomic E-state index is 12.1. The number of esters is 1. The molecule has 18 heavy (non-hydrogen) atoms. The van der Waals surface area contributed by atoms with Crippen molar-refractivity contribution in [3.8, 4) is 0 Å². The van der Waals surface area contributed by atoms with Gasteiger partial charge in [-0.3, -0.25) is 4.79 Å². The average molecular weight is 314 g/mol. The summed E-state index contributed by atoms with van der Waals surface area (Å²) >= 11 is 3.30. The fourth-order valence-electron chi connectivity index (χ4n) is 1.47. The van der Waals surface area contributed by atoms with Crippen LogP contribution in [0.1, 0.15) is 30.6 Å². The number of amides is 1. The predicted molar refractivity (Wildman–Crippen MR) is 72.3 cm³/mol. The maximum Gasteiger partial charge on any atom is 0.331 e. The van der Waals surface area contributed by atoms with Gasteiger partial charge in [0.1, 0.15) is 5.54 Å². The van der Waals surface area contributed by atoms with Gasteiger partial charge in [0.15, 0.2) is 0 Å². The van der Waals surface area contributed by atoms with Crippen molar-refractivity contribution >= 4 is 27.8 Å². The lowest BCUT2D eigenvalue weighted by atomic mass is 9.98. The van der Waals surface area contributed by atoms with Crippen LogP contribution in [0.25, 0.3) is 0 Å². The molecule has 0 radical (unpaired) electrons. The Morgan fingerprint density at radius 1 is 1.39 bits per heavy atom. The highest BCUT2D eigenvalue weighted by Crippen LogP contribution is 2.18. The fraction of sp³-hybridized carbons (Fsp3) is 0.385. The summed E-state index contributed by atoms with van der Waals surface area (Å²) in [6.45, 7) is 3.46. The van der Waals surface area contributed by atoms with E-state index < -0.39 is 11.5 Å². The zero-order chi connectivity index (χ0) is 13.8. The largest absolute Gasteiger partial charge is 0.467 e. The van der Waals surface area contributed by atoms with Gasteiger partial charge >= 0.3 is 5.97 Å². The van der Waals surface area contributed by atoms with Crippen molar-refractivity contribution in [2.24, 2.45) is 0 Å². The molecule has 5 heteroatoms.